The maximum Gasteiger partial charge on any atom is 0.164 e. The monoisotopic (exact) mass is 675 g/mol. The van der Waals surface area contributed by atoms with Crippen LogP contribution in [-0.4, -0.2) is 15.0 Å². The average Bonchev–Trinajstić information content (AvgIpc) is 3.61. The van der Waals surface area contributed by atoms with E-state index in [1.54, 1.807) is 0 Å². The van der Waals surface area contributed by atoms with Crippen LogP contribution in [0.3, 0.4) is 0 Å². The second-order valence-corrected chi connectivity index (χ2v) is 13.5. The summed E-state index contributed by atoms with van der Waals surface area (Å²) in [5.74, 6) is 1.83. The van der Waals surface area contributed by atoms with Crippen LogP contribution in [0.4, 0.5) is 0 Å². The third-order valence-corrected chi connectivity index (χ3v) is 10.5. The summed E-state index contributed by atoms with van der Waals surface area (Å²) in [5, 5.41) is 12.2. The summed E-state index contributed by atoms with van der Waals surface area (Å²) in [6.45, 7) is 0. The van der Waals surface area contributed by atoms with Gasteiger partial charge in [0, 0.05) is 27.5 Å². The molecule has 0 unspecified atom stereocenters. The molecular formula is C49H29N3O. The zero-order valence-electron chi connectivity index (χ0n) is 28.5. The molecule has 0 aliphatic rings. The van der Waals surface area contributed by atoms with Crippen molar-refractivity contribution in [2.24, 2.45) is 0 Å². The number of hydrogen-bond donors (Lipinski definition) is 0. The quantitative estimate of drug-likeness (QED) is 0.174. The Morgan fingerprint density at radius 3 is 1.51 bits per heavy atom. The Labute approximate surface area is 304 Å². The van der Waals surface area contributed by atoms with Gasteiger partial charge >= 0.3 is 0 Å². The minimum absolute atomic E-state index is 0.594. The summed E-state index contributed by atoms with van der Waals surface area (Å²) < 4.78 is 6.25. The minimum atomic E-state index is 0.594. The molecule has 0 saturated carbocycles. The topological polar surface area (TPSA) is 51.8 Å². The van der Waals surface area contributed by atoms with Crippen molar-refractivity contribution in [2.45, 2.75) is 0 Å². The molecule has 9 aromatic carbocycles. The molecule has 0 atom stereocenters. The van der Waals surface area contributed by atoms with E-state index in [9.17, 15) is 0 Å². The molecule has 0 saturated heterocycles. The van der Waals surface area contributed by atoms with Gasteiger partial charge in [-0.25, -0.2) is 15.0 Å². The number of aromatic nitrogens is 3. The van der Waals surface area contributed by atoms with E-state index in [2.05, 4.69) is 121 Å². The average molecular weight is 676 g/mol. The van der Waals surface area contributed by atoms with E-state index in [-0.39, 0.29) is 0 Å². The number of para-hydroxylation sites is 1. The Kier molecular flexibility index (Phi) is 6.52. The van der Waals surface area contributed by atoms with Crippen LogP contribution < -0.4 is 0 Å². The molecular weight excluding hydrogens is 647 g/mol. The largest absolute Gasteiger partial charge is 0.456 e. The van der Waals surface area contributed by atoms with Gasteiger partial charge in [0.2, 0.25) is 0 Å². The molecule has 11 rings (SSSR count). The first-order chi connectivity index (χ1) is 26.3. The lowest BCUT2D eigenvalue weighted by Crippen LogP contribution is -2.00. The van der Waals surface area contributed by atoms with Crippen molar-refractivity contribution in [1.82, 2.24) is 15.0 Å². The number of benzene rings is 9. The molecule has 0 aliphatic heterocycles. The fourth-order valence-electron chi connectivity index (χ4n) is 8.05. The predicted molar refractivity (Wildman–Crippen MR) is 219 cm³/mol. The third-order valence-electron chi connectivity index (χ3n) is 10.5. The number of rotatable bonds is 4. The van der Waals surface area contributed by atoms with Gasteiger partial charge in [-0.05, 0) is 84.5 Å². The van der Waals surface area contributed by atoms with Crippen LogP contribution in [0, 0.1) is 0 Å². The summed E-state index contributed by atoms with van der Waals surface area (Å²) in [6.07, 6.45) is 0. The van der Waals surface area contributed by atoms with Crippen molar-refractivity contribution in [3.63, 3.8) is 0 Å². The van der Waals surface area contributed by atoms with Gasteiger partial charge in [0.05, 0.1) is 0 Å². The van der Waals surface area contributed by atoms with Gasteiger partial charge in [0.15, 0.2) is 17.5 Å². The van der Waals surface area contributed by atoms with Crippen molar-refractivity contribution in [2.75, 3.05) is 0 Å². The summed E-state index contributed by atoms with van der Waals surface area (Å²) >= 11 is 0. The van der Waals surface area contributed by atoms with Crippen LogP contribution in [0.25, 0.3) is 110 Å². The van der Waals surface area contributed by atoms with Crippen molar-refractivity contribution < 1.29 is 4.42 Å². The van der Waals surface area contributed by atoms with E-state index in [0.717, 1.165) is 44.2 Å². The van der Waals surface area contributed by atoms with Crippen LogP contribution in [0.2, 0.25) is 0 Å². The van der Waals surface area contributed by atoms with Gasteiger partial charge in [-0.15, -0.1) is 0 Å². The lowest BCUT2D eigenvalue weighted by molar-refractivity contribution is 0.669. The Morgan fingerprint density at radius 1 is 0.283 bits per heavy atom. The first-order valence-corrected chi connectivity index (χ1v) is 17.9. The van der Waals surface area contributed by atoms with Crippen molar-refractivity contribution in [3.05, 3.63) is 176 Å². The summed E-state index contributed by atoms with van der Waals surface area (Å²) in [5.41, 5.74) is 6.65. The van der Waals surface area contributed by atoms with E-state index in [1.807, 2.05) is 54.6 Å². The molecule has 4 heteroatoms. The van der Waals surface area contributed by atoms with Gasteiger partial charge in [0.1, 0.15) is 11.2 Å². The molecule has 0 aliphatic carbocycles. The van der Waals surface area contributed by atoms with Gasteiger partial charge in [-0.1, -0.05) is 146 Å². The molecule has 0 spiro atoms. The van der Waals surface area contributed by atoms with Gasteiger partial charge in [0.25, 0.3) is 0 Å². The zero-order valence-corrected chi connectivity index (χ0v) is 28.5. The molecule has 246 valence electrons. The third kappa shape index (κ3) is 4.73. The summed E-state index contributed by atoms with van der Waals surface area (Å²) in [7, 11) is 0. The fourth-order valence-corrected chi connectivity index (χ4v) is 8.05. The molecule has 0 fully saturated rings. The molecule has 0 radical (unpaired) electrons. The molecule has 4 nitrogen and oxygen atoms in total. The van der Waals surface area contributed by atoms with Gasteiger partial charge in [-0.3, -0.25) is 0 Å². The van der Waals surface area contributed by atoms with Gasteiger partial charge < -0.3 is 4.42 Å². The molecule has 0 amide bonds. The second-order valence-electron chi connectivity index (χ2n) is 13.5. The first kappa shape index (κ1) is 29.5. The minimum Gasteiger partial charge on any atom is -0.456 e. The molecule has 0 N–H and O–H groups in total. The highest BCUT2D eigenvalue weighted by Gasteiger charge is 2.18. The number of hydrogen-bond acceptors (Lipinski definition) is 4. The Bertz CT molecular complexity index is 3240. The smallest absolute Gasteiger partial charge is 0.164 e. The van der Waals surface area contributed by atoms with Crippen LogP contribution >= 0.6 is 0 Å². The number of furan rings is 1. The maximum atomic E-state index is 6.25. The molecule has 0 bridgehead atoms. The summed E-state index contributed by atoms with van der Waals surface area (Å²) in [6, 6.07) is 61.7. The first-order valence-electron chi connectivity index (χ1n) is 17.9. The molecule has 2 aromatic heterocycles. The van der Waals surface area contributed by atoms with E-state index in [0.29, 0.717) is 17.5 Å². The molecule has 2 heterocycles. The van der Waals surface area contributed by atoms with Crippen molar-refractivity contribution in [3.8, 4) is 45.3 Å². The summed E-state index contributed by atoms with van der Waals surface area (Å²) in [4.78, 5) is 15.2. The van der Waals surface area contributed by atoms with Crippen molar-refractivity contribution >= 4 is 65.0 Å². The van der Waals surface area contributed by atoms with E-state index in [1.165, 1.54) is 48.7 Å². The van der Waals surface area contributed by atoms with E-state index < -0.39 is 0 Å². The Hall–Kier alpha value is -7.17. The van der Waals surface area contributed by atoms with Crippen LogP contribution in [0.1, 0.15) is 0 Å². The standard InChI is InChI=1S/C49H29N3O/c1-2-13-30(14-3-1)47-50-48(52-49(51-47)33-25-26-39-38-21-10-11-24-44(38)53-45(39)28-33)32-16-12-15-31(27-32)42-29-43-36-19-5-4-17-34(36)35-18-6-8-22-40(35)46(43)41-23-9-7-20-37(41)42/h1-29H. The molecule has 11 aromatic rings. The second kappa shape index (κ2) is 11.7. The fraction of sp³-hybridized carbons (Fsp3) is 0. The zero-order chi connectivity index (χ0) is 34.9. The van der Waals surface area contributed by atoms with Crippen LogP contribution in [0.5, 0.6) is 0 Å². The highest BCUT2D eigenvalue weighted by molar-refractivity contribution is 6.33. The highest BCUT2D eigenvalue weighted by Crippen LogP contribution is 2.43. The number of nitrogens with zero attached hydrogens (tertiary/aromatic N) is 3. The normalized spacial score (nSPS) is 11.8. The predicted octanol–water partition coefficient (Wildman–Crippen LogP) is 13.1. The van der Waals surface area contributed by atoms with Crippen molar-refractivity contribution in [1.29, 1.82) is 0 Å². The highest BCUT2D eigenvalue weighted by atomic mass is 16.3. The Morgan fingerprint density at radius 2 is 0.774 bits per heavy atom. The van der Waals surface area contributed by atoms with E-state index in [4.69, 9.17) is 19.4 Å². The van der Waals surface area contributed by atoms with Gasteiger partial charge in [-0.2, -0.15) is 0 Å². The molecule has 53 heavy (non-hydrogen) atoms. The SMILES string of the molecule is c1ccc(-c2nc(-c3cccc(-c4cc5c6ccccc6c6ccccc6c5c5ccccc45)c3)nc(-c3ccc4c(c3)oc3ccccc34)n2)cc1. The number of fused-ring (bicyclic) bond motifs is 11. The lowest BCUT2D eigenvalue weighted by Gasteiger charge is -2.16. The van der Waals surface area contributed by atoms with Crippen LogP contribution in [-0.2, 0) is 0 Å². The maximum absolute atomic E-state index is 6.25. The lowest BCUT2D eigenvalue weighted by atomic mass is 9.87. The van der Waals surface area contributed by atoms with E-state index >= 15 is 0 Å². The Balaban J connectivity index is 1.12. The van der Waals surface area contributed by atoms with Crippen LogP contribution in [0.15, 0.2) is 180 Å².